The zero-order chi connectivity index (χ0) is 12.2. The van der Waals surface area contributed by atoms with Gasteiger partial charge in [0.25, 0.3) is 0 Å². The molecule has 1 N–H and O–H groups in total. The highest BCUT2D eigenvalue weighted by Crippen LogP contribution is 2.26. The van der Waals surface area contributed by atoms with Gasteiger partial charge in [-0.25, -0.2) is 0 Å². The summed E-state index contributed by atoms with van der Waals surface area (Å²) >= 11 is 5.02. The maximum absolute atomic E-state index is 11.3. The van der Waals surface area contributed by atoms with Gasteiger partial charge in [0.05, 0.1) is 6.61 Å². The van der Waals surface area contributed by atoms with Gasteiger partial charge in [-0.2, -0.15) is 0 Å². The first-order valence-electron chi connectivity index (χ1n) is 4.84. The molecule has 0 spiro atoms. The van der Waals surface area contributed by atoms with Crippen LogP contribution in [0.1, 0.15) is 19.4 Å². The number of carbonyl (C=O) groups is 1. The average Bonchev–Trinajstić information content (AvgIpc) is 2.29. The minimum absolute atomic E-state index is 0.0514. The van der Waals surface area contributed by atoms with Crippen molar-refractivity contribution in [3.8, 4) is 0 Å². The maximum atomic E-state index is 11.3. The van der Waals surface area contributed by atoms with Gasteiger partial charge in [-0.1, -0.05) is 6.07 Å². The van der Waals surface area contributed by atoms with Crippen molar-refractivity contribution in [1.29, 1.82) is 0 Å². The van der Waals surface area contributed by atoms with Gasteiger partial charge in [-0.3, -0.25) is 9.78 Å². The van der Waals surface area contributed by atoms with Crippen LogP contribution in [0.2, 0.25) is 0 Å². The molecule has 0 saturated carbocycles. The molecule has 4 nitrogen and oxygen atoms in total. The van der Waals surface area contributed by atoms with Crippen molar-refractivity contribution in [2.45, 2.75) is 19.3 Å². The van der Waals surface area contributed by atoms with Crippen LogP contribution in [-0.2, 0) is 14.9 Å². The van der Waals surface area contributed by atoms with E-state index in [1.807, 2.05) is 0 Å². The summed E-state index contributed by atoms with van der Waals surface area (Å²) in [7, 11) is 0. The van der Waals surface area contributed by atoms with Crippen LogP contribution in [0.5, 0.6) is 0 Å². The van der Waals surface area contributed by atoms with Crippen molar-refractivity contribution in [2.24, 2.45) is 0 Å². The summed E-state index contributed by atoms with van der Waals surface area (Å²) in [5.41, 5.74) is -0.819. The minimum Gasteiger partial charge on any atom is -0.486 e. The van der Waals surface area contributed by atoms with E-state index in [1.54, 1.807) is 25.3 Å². The summed E-state index contributed by atoms with van der Waals surface area (Å²) in [6.45, 7) is 3.63. The third kappa shape index (κ3) is 2.19. The van der Waals surface area contributed by atoms with Crippen LogP contribution in [0, 0.1) is 0 Å². The van der Waals surface area contributed by atoms with Crippen molar-refractivity contribution in [2.75, 3.05) is 6.61 Å². The number of ether oxygens (including phenoxy) is 1. The molecule has 1 atom stereocenters. The number of pyridine rings is 1. The van der Waals surface area contributed by atoms with E-state index >= 15 is 0 Å². The number of aromatic nitrogens is 1. The maximum Gasteiger partial charge on any atom is 0.322 e. The molecule has 0 saturated heterocycles. The standard InChI is InChI=1S/C11H13NO3S/c1-3-15-10(16)11(2,9(13)14)8-5-4-6-12-7-8/h4-7H,3H2,1-2H3,(H,13,14). The Morgan fingerprint density at radius 1 is 1.69 bits per heavy atom. The Bertz CT molecular complexity index is 393. The third-order valence-corrected chi connectivity index (χ3v) is 2.88. The van der Waals surface area contributed by atoms with E-state index in [-0.39, 0.29) is 5.05 Å². The summed E-state index contributed by atoms with van der Waals surface area (Å²) in [6.07, 6.45) is 3.06. The Hall–Kier alpha value is -1.49. The first-order valence-corrected chi connectivity index (χ1v) is 5.25. The van der Waals surface area contributed by atoms with Crippen molar-refractivity contribution >= 4 is 23.2 Å². The summed E-state index contributed by atoms with van der Waals surface area (Å²) < 4.78 is 5.15. The molecule has 0 aliphatic carbocycles. The molecular formula is C11H13NO3S. The largest absolute Gasteiger partial charge is 0.486 e. The normalized spacial score (nSPS) is 13.9. The second kappa shape index (κ2) is 5.03. The number of carboxylic acids is 1. The fraction of sp³-hybridized carbons (Fsp3) is 0.364. The summed E-state index contributed by atoms with van der Waals surface area (Å²) in [6, 6.07) is 3.34. The Kier molecular flexibility index (Phi) is 3.95. The van der Waals surface area contributed by atoms with E-state index in [9.17, 15) is 9.90 Å². The Morgan fingerprint density at radius 3 is 2.81 bits per heavy atom. The summed E-state index contributed by atoms with van der Waals surface area (Å²) in [5, 5.41) is 9.34. The fourth-order valence-electron chi connectivity index (χ4n) is 1.26. The highest BCUT2D eigenvalue weighted by atomic mass is 32.1. The highest BCUT2D eigenvalue weighted by molar-refractivity contribution is 7.80. The molecular weight excluding hydrogens is 226 g/mol. The monoisotopic (exact) mass is 239 g/mol. The minimum atomic E-state index is -1.33. The number of hydrogen-bond donors (Lipinski definition) is 1. The van der Waals surface area contributed by atoms with E-state index in [4.69, 9.17) is 17.0 Å². The molecule has 5 heteroatoms. The van der Waals surface area contributed by atoms with Crippen LogP contribution in [0.3, 0.4) is 0 Å². The molecule has 1 heterocycles. The van der Waals surface area contributed by atoms with E-state index < -0.39 is 11.4 Å². The Labute approximate surface area is 99.3 Å². The van der Waals surface area contributed by atoms with Crippen LogP contribution >= 0.6 is 12.2 Å². The van der Waals surface area contributed by atoms with Gasteiger partial charge >= 0.3 is 5.97 Å². The number of rotatable bonds is 4. The SMILES string of the molecule is CCOC(=S)C(C)(C(=O)O)c1cccnc1. The van der Waals surface area contributed by atoms with Crippen LogP contribution in [-0.4, -0.2) is 27.7 Å². The zero-order valence-corrected chi connectivity index (χ0v) is 9.95. The summed E-state index contributed by atoms with van der Waals surface area (Å²) in [4.78, 5) is 15.2. The molecule has 1 aromatic heterocycles. The van der Waals surface area contributed by atoms with Crippen molar-refractivity contribution in [3.63, 3.8) is 0 Å². The third-order valence-electron chi connectivity index (χ3n) is 2.35. The van der Waals surface area contributed by atoms with E-state index in [0.29, 0.717) is 12.2 Å². The molecule has 0 bridgehead atoms. The molecule has 16 heavy (non-hydrogen) atoms. The first-order chi connectivity index (χ1) is 7.53. The number of carboxylic acid groups (broad SMARTS) is 1. The van der Waals surface area contributed by atoms with Crippen LogP contribution in [0.25, 0.3) is 0 Å². The smallest absolute Gasteiger partial charge is 0.322 e. The van der Waals surface area contributed by atoms with Crippen molar-refractivity contribution < 1.29 is 14.6 Å². The topological polar surface area (TPSA) is 59.4 Å². The fourth-order valence-corrected chi connectivity index (χ4v) is 1.59. The van der Waals surface area contributed by atoms with Crippen LogP contribution in [0.4, 0.5) is 0 Å². The van der Waals surface area contributed by atoms with Gasteiger partial charge < -0.3 is 9.84 Å². The van der Waals surface area contributed by atoms with Gasteiger partial charge in [0, 0.05) is 12.4 Å². The number of hydrogen-bond acceptors (Lipinski definition) is 4. The summed E-state index contributed by atoms with van der Waals surface area (Å²) in [5.74, 6) is -1.04. The molecule has 1 unspecified atom stereocenters. The van der Waals surface area contributed by atoms with Gasteiger partial charge in [0.1, 0.15) is 0 Å². The van der Waals surface area contributed by atoms with Gasteiger partial charge in [-0.05, 0) is 37.7 Å². The molecule has 1 rings (SSSR count). The molecule has 0 aliphatic rings. The predicted molar refractivity (Wildman–Crippen MR) is 63.4 cm³/mol. The molecule has 1 aromatic rings. The Balaban J connectivity index is 3.17. The molecule has 0 fully saturated rings. The molecule has 0 amide bonds. The quantitative estimate of drug-likeness (QED) is 0.812. The molecule has 0 aliphatic heterocycles. The zero-order valence-electron chi connectivity index (χ0n) is 9.14. The molecule has 0 aromatic carbocycles. The lowest BCUT2D eigenvalue weighted by molar-refractivity contribution is -0.140. The average molecular weight is 239 g/mol. The second-order valence-corrected chi connectivity index (χ2v) is 3.76. The van der Waals surface area contributed by atoms with Gasteiger partial charge in [0.2, 0.25) is 0 Å². The van der Waals surface area contributed by atoms with Crippen molar-refractivity contribution in [3.05, 3.63) is 30.1 Å². The number of thiocarbonyl (C=S) groups is 1. The van der Waals surface area contributed by atoms with E-state index in [2.05, 4.69) is 4.98 Å². The van der Waals surface area contributed by atoms with E-state index in [0.717, 1.165) is 0 Å². The lowest BCUT2D eigenvalue weighted by Gasteiger charge is -2.25. The van der Waals surface area contributed by atoms with Crippen LogP contribution in [0.15, 0.2) is 24.5 Å². The predicted octanol–water partition coefficient (Wildman–Crippen LogP) is 1.79. The van der Waals surface area contributed by atoms with Crippen LogP contribution < -0.4 is 0 Å². The van der Waals surface area contributed by atoms with E-state index in [1.165, 1.54) is 13.1 Å². The van der Waals surface area contributed by atoms with Gasteiger partial charge in [0.15, 0.2) is 10.5 Å². The first kappa shape index (κ1) is 12.6. The van der Waals surface area contributed by atoms with Crippen molar-refractivity contribution in [1.82, 2.24) is 4.98 Å². The molecule has 86 valence electrons. The highest BCUT2D eigenvalue weighted by Gasteiger charge is 2.41. The lowest BCUT2D eigenvalue weighted by Crippen LogP contribution is -2.41. The number of aliphatic carboxylic acids is 1. The Morgan fingerprint density at radius 2 is 2.38 bits per heavy atom. The number of nitrogens with zero attached hydrogens (tertiary/aromatic N) is 1. The second-order valence-electron chi connectivity index (χ2n) is 3.39. The molecule has 0 radical (unpaired) electrons. The lowest BCUT2D eigenvalue weighted by atomic mass is 9.84. The van der Waals surface area contributed by atoms with Gasteiger partial charge in [-0.15, -0.1) is 0 Å².